The van der Waals surface area contributed by atoms with Gasteiger partial charge < -0.3 is 19.4 Å². The Balaban J connectivity index is 1.81. The normalized spacial score (nSPS) is 12.0. The number of esters is 1. The zero-order valence-corrected chi connectivity index (χ0v) is 16.5. The zero-order chi connectivity index (χ0) is 21.3. The first-order chi connectivity index (χ1) is 14.5. The van der Waals surface area contributed by atoms with Crippen molar-refractivity contribution in [3.63, 3.8) is 0 Å². The van der Waals surface area contributed by atoms with Gasteiger partial charge in [-0.3, -0.25) is 4.79 Å². The van der Waals surface area contributed by atoms with Gasteiger partial charge in [0.05, 0.1) is 36.7 Å². The lowest BCUT2D eigenvalue weighted by molar-refractivity contribution is -0.140. The van der Waals surface area contributed by atoms with E-state index in [2.05, 4.69) is 8.75 Å². The summed E-state index contributed by atoms with van der Waals surface area (Å²) in [6, 6.07) is 12.9. The van der Waals surface area contributed by atoms with Crippen molar-refractivity contribution in [2.75, 3.05) is 7.11 Å². The number of aromatic hydroxyl groups is 1. The van der Waals surface area contributed by atoms with Gasteiger partial charge >= 0.3 is 11.9 Å². The van der Waals surface area contributed by atoms with E-state index in [0.29, 0.717) is 33.7 Å². The van der Waals surface area contributed by atoms with Crippen LogP contribution in [0, 0.1) is 0 Å². The van der Waals surface area contributed by atoms with Crippen molar-refractivity contribution in [3.8, 4) is 17.1 Å². The minimum absolute atomic E-state index is 0.0325. The molecule has 0 radical (unpaired) electrons. The first-order valence-corrected chi connectivity index (χ1v) is 9.65. The molecule has 0 aliphatic carbocycles. The number of hydrogen-bond donors (Lipinski definition) is 2. The van der Waals surface area contributed by atoms with Crippen LogP contribution >= 0.6 is 11.7 Å². The lowest BCUT2D eigenvalue weighted by Crippen LogP contribution is -2.10. The predicted octanol–water partition coefficient (Wildman–Crippen LogP) is 4.05. The fourth-order valence-electron chi connectivity index (χ4n) is 3.30. The van der Waals surface area contributed by atoms with Gasteiger partial charge in [-0.1, -0.05) is 12.1 Å². The second-order valence-corrected chi connectivity index (χ2v) is 7.08. The molecule has 4 rings (SSSR count). The van der Waals surface area contributed by atoms with Gasteiger partial charge in [-0.15, -0.1) is 0 Å². The van der Waals surface area contributed by atoms with E-state index in [1.807, 2.05) is 0 Å². The van der Waals surface area contributed by atoms with Crippen LogP contribution in [0.15, 0.2) is 52.9 Å². The van der Waals surface area contributed by atoms with Crippen LogP contribution in [0.3, 0.4) is 0 Å². The van der Waals surface area contributed by atoms with E-state index in [0.717, 1.165) is 11.7 Å². The Morgan fingerprint density at radius 1 is 1.17 bits per heavy atom. The summed E-state index contributed by atoms with van der Waals surface area (Å²) >= 11 is 1.01. The second kappa shape index (κ2) is 7.96. The Morgan fingerprint density at radius 2 is 2.00 bits per heavy atom. The van der Waals surface area contributed by atoms with Gasteiger partial charge in [-0.25, -0.2) is 4.79 Å². The summed E-state index contributed by atoms with van der Waals surface area (Å²) in [5, 5.41) is 19.8. The Morgan fingerprint density at radius 3 is 2.77 bits per heavy atom. The predicted molar refractivity (Wildman–Crippen MR) is 109 cm³/mol. The highest BCUT2D eigenvalue weighted by molar-refractivity contribution is 7.00. The van der Waals surface area contributed by atoms with E-state index in [1.165, 1.54) is 25.3 Å². The molecule has 0 aliphatic heterocycles. The summed E-state index contributed by atoms with van der Waals surface area (Å²) < 4.78 is 19.3. The van der Waals surface area contributed by atoms with E-state index in [1.54, 1.807) is 30.3 Å². The summed E-state index contributed by atoms with van der Waals surface area (Å²) in [5.41, 5.74) is 2.22. The van der Waals surface area contributed by atoms with Gasteiger partial charge in [0.25, 0.3) is 0 Å². The number of carbonyl (C=O) groups excluding carboxylic acids is 1. The number of phenols is 1. The van der Waals surface area contributed by atoms with Crippen LogP contribution < -0.4 is 0 Å². The van der Waals surface area contributed by atoms with Gasteiger partial charge in [-0.05, 0) is 36.4 Å². The van der Waals surface area contributed by atoms with Crippen LogP contribution in [0.4, 0.5) is 0 Å². The molecule has 1 atom stereocenters. The summed E-state index contributed by atoms with van der Waals surface area (Å²) in [5.74, 6) is -1.38. The first-order valence-electron chi connectivity index (χ1n) is 8.92. The molecule has 8 nitrogen and oxygen atoms in total. The molecule has 0 aliphatic rings. The number of furan rings is 1. The number of aromatic carboxylic acids is 1. The van der Waals surface area contributed by atoms with E-state index >= 15 is 0 Å². The molecule has 4 aromatic rings. The van der Waals surface area contributed by atoms with Crippen LogP contribution in [0.1, 0.15) is 34.0 Å². The summed E-state index contributed by atoms with van der Waals surface area (Å²) in [7, 11) is 1.29. The number of hydrogen-bond acceptors (Lipinski definition) is 8. The number of fused-ring (bicyclic) bond motifs is 1. The van der Waals surface area contributed by atoms with Gasteiger partial charge in [0, 0.05) is 11.1 Å². The van der Waals surface area contributed by atoms with Crippen molar-refractivity contribution in [2.45, 2.75) is 12.3 Å². The maximum atomic E-state index is 12.1. The third-order valence-electron chi connectivity index (χ3n) is 4.76. The molecule has 0 unspecified atom stereocenters. The number of aromatic nitrogens is 2. The highest BCUT2D eigenvalue weighted by Gasteiger charge is 2.28. The monoisotopic (exact) mass is 424 g/mol. The molecule has 0 saturated carbocycles. The molecular formula is C21H16N2O6S. The third-order valence-corrected chi connectivity index (χ3v) is 5.30. The number of carboxylic acids is 1. The smallest absolute Gasteiger partial charge is 0.335 e. The van der Waals surface area contributed by atoms with Crippen LogP contribution in [0.2, 0.25) is 0 Å². The number of rotatable bonds is 6. The molecule has 2 aromatic carbocycles. The van der Waals surface area contributed by atoms with E-state index in [4.69, 9.17) is 9.15 Å². The molecule has 0 fully saturated rings. The third kappa shape index (κ3) is 3.62. The molecule has 2 N–H and O–H groups in total. The van der Waals surface area contributed by atoms with Crippen molar-refractivity contribution in [3.05, 3.63) is 65.4 Å². The Bertz CT molecular complexity index is 1250. The Labute approximate surface area is 174 Å². The molecule has 0 spiro atoms. The summed E-state index contributed by atoms with van der Waals surface area (Å²) in [4.78, 5) is 23.4. The number of nitrogens with zero attached hydrogens (tertiary/aromatic N) is 2. The molecule has 0 saturated heterocycles. The minimum Gasteiger partial charge on any atom is -0.508 e. The molecule has 2 aromatic heterocycles. The van der Waals surface area contributed by atoms with Gasteiger partial charge in [0.15, 0.2) is 0 Å². The second-order valence-electron chi connectivity index (χ2n) is 6.55. The van der Waals surface area contributed by atoms with Gasteiger partial charge in [0.2, 0.25) is 0 Å². The van der Waals surface area contributed by atoms with Crippen LogP contribution in [0.25, 0.3) is 22.4 Å². The van der Waals surface area contributed by atoms with Crippen molar-refractivity contribution >= 4 is 34.7 Å². The van der Waals surface area contributed by atoms with Crippen LogP contribution in [0.5, 0.6) is 5.75 Å². The maximum Gasteiger partial charge on any atom is 0.335 e. The fourth-order valence-corrected chi connectivity index (χ4v) is 3.85. The van der Waals surface area contributed by atoms with Gasteiger partial charge in [-0.2, -0.15) is 8.75 Å². The largest absolute Gasteiger partial charge is 0.508 e. The molecule has 2 heterocycles. The summed E-state index contributed by atoms with van der Waals surface area (Å²) in [6.45, 7) is 0. The lowest BCUT2D eigenvalue weighted by atomic mass is 9.91. The van der Waals surface area contributed by atoms with E-state index in [-0.39, 0.29) is 17.7 Å². The lowest BCUT2D eigenvalue weighted by Gasteiger charge is -2.16. The maximum absolute atomic E-state index is 12.1. The number of benzene rings is 2. The van der Waals surface area contributed by atoms with Crippen molar-refractivity contribution in [2.24, 2.45) is 0 Å². The molecule has 9 heteroatoms. The first kappa shape index (κ1) is 19.6. The quantitative estimate of drug-likeness (QED) is 0.445. The highest BCUT2D eigenvalue weighted by Crippen LogP contribution is 2.40. The number of carboxylic acid groups (broad SMARTS) is 1. The number of phenolic OH excluding ortho intramolecular Hbond substituents is 1. The molecule has 30 heavy (non-hydrogen) atoms. The average molecular weight is 424 g/mol. The van der Waals surface area contributed by atoms with Crippen molar-refractivity contribution < 1.29 is 29.0 Å². The number of methoxy groups -OCH3 is 1. The topological polar surface area (TPSA) is 123 Å². The number of ether oxygens (including phenoxy) is 1. The number of carbonyl (C=O) groups is 2. The van der Waals surface area contributed by atoms with Crippen LogP contribution in [-0.2, 0) is 9.53 Å². The van der Waals surface area contributed by atoms with Crippen molar-refractivity contribution in [1.82, 2.24) is 8.75 Å². The van der Waals surface area contributed by atoms with Crippen molar-refractivity contribution in [1.29, 1.82) is 0 Å². The van der Waals surface area contributed by atoms with E-state index in [9.17, 15) is 19.8 Å². The molecule has 0 bridgehead atoms. The summed E-state index contributed by atoms with van der Waals surface area (Å²) in [6.07, 6.45) is -0.0805. The molecule has 152 valence electrons. The zero-order valence-electron chi connectivity index (χ0n) is 15.7. The van der Waals surface area contributed by atoms with Gasteiger partial charge in [0.1, 0.15) is 28.3 Å². The Kier molecular flexibility index (Phi) is 5.20. The van der Waals surface area contributed by atoms with E-state index < -0.39 is 17.9 Å². The fraction of sp³-hybridized carbons (Fsp3) is 0.143. The standard InChI is InChI=1S/C21H16N2O6S/c1-28-18(25)10-13(19-15(24)6-5-14-20(19)23-30-22-14)17-8-7-16(29-17)11-3-2-4-12(9-11)21(26)27/h2-9,13,24H,10H2,1H3,(H,26,27)/t13-/m0/s1. The minimum atomic E-state index is -1.04. The molecule has 0 amide bonds. The van der Waals surface area contributed by atoms with Crippen LogP contribution in [-0.4, -0.2) is 38.0 Å². The Hall–Kier alpha value is -3.72. The highest BCUT2D eigenvalue weighted by atomic mass is 32.1. The molecular weight excluding hydrogens is 408 g/mol. The average Bonchev–Trinajstić information content (AvgIpc) is 3.42. The SMILES string of the molecule is COC(=O)C[C@@H](c1ccc(-c2cccc(C(=O)O)c2)o1)c1c(O)ccc2nsnc12.